The fraction of sp³-hybridized carbons (Fsp3) is 0.261. The van der Waals surface area contributed by atoms with Crippen LogP contribution in [0.5, 0.6) is 0 Å². The largest absolute Gasteiger partial charge is 0.339 e. The number of halogens is 1. The lowest BCUT2D eigenvalue weighted by atomic mass is 10.0. The van der Waals surface area contributed by atoms with E-state index in [0.29, 0.717) is 0 Å². The van der Waals surface area contributed by atoms with Gasteiger partial charge in [0, 0.05) is 41.5 Å². The Balaban J connectivity index is 1.75. The molecule has 6 nitrogen and oxygen atoms in total. The molecule has 5 rings (SSSR count). The van der Waals surface area contributed by atoms with Crippen molar-refractivity contribution in [3.63, 3.8) is 0 Å². The van der Waals surface area contributed by atoms with E-state index in [4.69, 9.17) is 11.6 Å². The maximum absolute atomic E-state index is 6.16. The first-order chi connectivity index (χ1) is 14.4. The summed E-state index contributed by atoms with van der Waals surface area (Å²) in [5, 5.41) is 14.0. The maximum atomic E-state index is 6.16. The highest BCUT2D eigenvalue weighted by Crippen LogP contribution is 2.40. The zero-order chi connectivity index (χ0) is 21.0. The number of hydrogen-bond donors (Lipinski definition) is 0. The number of rotatable bonds is 2. The minimum atomic E-state index is 0.206. The van der Waals surface area contributed by atoms with Crippen LogP contribution in [0.25, 0.3) is 16.8 Å². The smallest absolute Gasteiger partial charge is 0.142 e. The zero-order valence-electron chi connectivity index (χ0n) is 17.5. The van der Waals surface area contributed by atoms with E-state index in [0.717, 1.165) is 57.1 Å². The van der Waals surface area contributed by atoms with Gasteiger partial charge in [0.05, 0.1) is 17.6 Å². The highest BCUT2D eigenvalue weighted by Gasteiger charge is 2.28. The SMILES string of the molecule is Cc1c(-c2ccc3c(c2)N(c2ccc(Cl)cc2)C[C@@H](C)c2nnc(C)n2-3)cnn1C. The Labute approximate surface area is 180 Å². The van der Waals surface area contributed by atoms with Crippen LogP contribution in [0.15, 0.2) is 48.7 Å². The number of fused-ring (bicyclic) bond motifs is 3. The normalized spacial score (nSPS) is 15.6. The van der Waals surface area contributed by atoms with Crippen molar-refractivity contribution in [3.05, 3.63) is 71.0 Å². The van der Waals surface area contributed by atoms with Gasteiger partial charge in [0.1, 0.15) is 11.6 Å². The third-order valence-corrected chi connectivity index (χ3v) is 6.19. The van der Waals surface area contributed by atoms with E-state index in [-0.39, 0.29) is 5.92 Å². The van der Waals surface area contributed by atoms with Gasteiger partial charge in [-0.15, -0.1) is 10.2 Å². The molecule has 0 unspecified atom stereocenters. The topological polar surface area (TPSA) is 51.8 Å². The molecular weight excluding hydrogens is 396 g/mol. The van der Waals surface area contributed by atoms with E-state index in [1.54, 1.807) is 0 Å². The molecular formula is C23H23ClN6. The summed E-state index contributed by atoms with van der Waals surface area (Å²) in [6, 6.07) is 14.6. The molecule has 1 aliphatic rings. The number of aromatic nitrogens is 5. The van der Waals surface area contributed by atoms with Crippen molar-refractivity contribution in [2.75, 3.05) is 11.4 Å². The van der Waals surface area contributed by atoms with Gasteiger partial charge < -0.3 is 4.90 Å². The minimum Gasteiger partial charge on any atom is -0.339 e. The van der Waals surface area contributed by atoms with E-state index in [1.165, 1.54) is 0 Å². The van der Waals surface area contributed by atoms with Crippen LogP contribution in [0.4, 0.5) is 11.4 Å². The second kappa shape index (κ2) is 6.99. The van der Waals surface area contributed by atoms with Crippen LogP contribution in [-0.4, -0.2) is 31.1 Å². The average molecular weight is 419 g/mol. The van der Waals surface area contributed by atoms with Gasteiger partial charge in [0.2, 0.25) is 0 Å². The van der Waals surface area contributed by atoms with E-state index < -0.39 is 0 Å². The van der Waals surface area contributed by atoms with Crippen molar-refractivity contribution >= 4 is 23.0 Å². The standard InChI is InChI=1S/C23H23ClN6/c1-14-13-29(19-8-6-18(24)7-9-19)22-11-17(20-12-25-28(4)15(20)2)5-10-21(22)30-16(3)26-27-23(14)30/h5-12,14H,13H2,1-4H3/t14-/m1/s1. The Bertz CT molecular complexity index is 1240. The summed E-state index contributed by atoms with van der Waals surface area (Å²) in [5.41, 5.74) is 6.71. The highest BCUT2D eigenvalue weighted by atomic mass is 35.5. The molecule has 3 heterocycles. The lowest BCUT2D eigenvalue weighted by molar-refractivity contribution is 0.696. The van der Waals surface area contributed by atoms with Gasteiger partial charge in [-0.25, -0.2) is 0 Å². The number of hydrogen-bond acceptors (Lipinski definition) is 4. The monoisotopic (exact) mass is 418 g/mol. The molecule has 0 bridgehead atoms. The Hall–Kier alpha value is -3.12. The van der Waals surface area contributed by atoms with Crippen LogP contribution in [0.1, 0.15) is 30.2 Å². The highest BCUT2D eigenvalue weighted by molar-refractivity contribution is 6.30. The minimum absolute atomic E-state index is 0.206. The maximum Gasteiger partial charge on any atom is 0.142 e. The Kier molecular flexibility index (Phi) is 4.40. The van der Waals surface area contributed by atoms with Gasteiger partial charge >= 0.3 is 0 Å². The molecule has 0 amide bonds. The summed E-state index contributed by atoms with van der Waals surface area (Å²) in [7, 11) is 1.97. The van der Waals surface area contributed by atoms with Gasteiger partial charge in [-0.2, -0.15) is 5.10 Å². The molecule has 7 heteroatoms. The lowest BCUT2D eigenvalue weighted by Gasteiger charge is -2.27. The van der Waals surface area contributed by atoms with Crippen molar-refractivity contribution in [1.29, 1.82) is 0 Å². The summed E-state index contributed by atoms with van der Waals surface area (Å²) in [6.07, 6.45) is 1.93. The first-order valence-corrected chi connectivity index (χ1v) is 10.4. The van der Waals surface area contributed by atoms with Gasteiger partial charge in [0.15, 0.2) is 0 Å². The van der Waals surface area contributed by atoms with E-state index in [2.05, 4.69) is 68.9 Å². The molecule has 0 fully saturated rings. The predicted molar refractivity (Wildman–Crippen MR) is 120 cm³/mol. The molecule has 30 heavy (non-hydrogen) atoms. The quantitative estimate of drug-likeness (QED) is 0.449. The molecule has 1 atom stereocenters. The van der Waals surface area contributed by atoms with E-state index in [9.17, 15) is 0 Å². The van der Waals surface area contributed by atoms with Gasteiger partial charge in [-0.3, -0.25) is 9.25 Å². The molecule has 0 N–H and O–H groups in total. The molecule has 4 aromatic rings. The van der Waals surface area contributed by atoms with Crippen LogP contribution in [0.2, 0.25) is 5.02 Å². The molecule has 0 saturated heterocycles. The molecule has 2 aromatic heterocycles. The zero-order valence-corrected chi connectivity index (χ0v) is 18.2. The van der Waals surface area contributed by atoms with Crippen LogP contribution in [0, 0.1) is 13.8 Å². The Morgan fingerprint density at radius 2 is 1.77 bits per heavy atom. The van der Waals surface area contributed by atoms with Gasteiger partial charge in [-0.05, 0) is 55.8 Å². The van der Waals surface area contributed by atoms with Crippen molar-refractivity contribution < 1.29 is 0 Å². The molecule has 0 radical (unpaired) electrons. The van der Waals surface area contributed by atoms with Crippen molar-refractivity contribution in [2.24, 2.45) is 7.05 Å². The first-order valence-electron chi connectivity index (χ1n) is 10.0. The second-order valence-electron chi connectivity index (χ2n) is 7.90. The summed E-state index contributed by atoms with van der Waals surface area (Å²) < 4.78 is 4.08. The van der Waals surface area contributed by atoms with E-state index in [1.807, 2.05) is 37.0 Å². The second-order valence-corrected chi connectivity index (χ2v) is 8.34. The number of aryl methyl sites for hydroxylation is 2. The summed E-state index contributed by atoms with van der Waals surface area (Å²) in [6.45, 7) is 7.09. The van der Waals surface area contributed by atoms with Gasteiger partial charge in [-0.1, -0.05) is 24.6 Å². The van der Waals surface area contributed by atoms with Crippen molar-refractivity contribution in [3.8, 4) is 16.8 Å². The molecule has 0 spiro atoms. The predicted octanol–water partition coefficient (Wildman–Crippen LogP) is 5.19. The lowest BCUT2D eigenvalue weighted by Crippen LogP contribution is -2.22. The fourth-order valence-corrected chi connectivity index (χ4v) is 4.32. The number of nitrogens with zero attached hydrogens (tertiary/aromatic N) is 6. The van der Waals surface area contributed by atoms with E-state index >= 15 is 0 Å². The van der Waals surface area contributed by atoms with Crippen molar-refractivity contribution in [1.82, 2.24) is 24.5 Å². The van der Waals surface area contributed by atoms with Gasteiger partial charge in [0.25, 0.3) is 0 Å². The van der Waals surface area contributed by atoms with Crippen LogP contribution in [0.3, 0.4) is 0 Å². The summed E-state index contributed by atoms with van der Waals surface area (Å²) in [5.74, 6) is 2.08. The Morgan fingerprint density at radius 3 is 2.47 bits per heavy atom. The average Bonchev–Trinajstić information content (AvgIpc) is 3.25. The van der Waals surface area contributed by atoms with Crippen LogP contribution in [-0.2, 0) is 7.05 Å². The fourth-order valence-electron chi connectivity index (χ4n) is 4.19. The van der Waals surface area contributed by atoms with Crippen LogP contribution >= 0.6 is 11.6 Å². The number of benzene rings is 2. The third kappa shape index (κ3) is 2.91. The third-order valence-electron chi connectivity index (χ3n) is 5.94. The Morgan fingerprint density at radius 1 is 1.00 bits per heavy atom. The summed E-state index contributed by atoms with van der Waals surface area (Å²) >= 11 is 6.16. The molecule has 0 saturated carbocycles. The molecule has 1 aliphatic heterocycles. The molecule has 0 aliphatic carbocycles. The van der Waals surface area contributed by atoms with Crippen LogP contribution < -0.4 is 4.90 Å². The molecule has 152 valence electrons. The first kappa shape index (κ1) is 18.9. The summed E-state index contributed by atoms with van der Waals surface area (Å²) in [4.78, 5) is 2.35. The number of anilines is 2. The van der Waals surface area contributed by atoms with Crippen molar-refractivity contribution in [2.45, 2.75) is 26.7 Å². The molecule has 2 aromatic carbocycles.